The van der Waals surface area contributed by atoms with Crippen molar-refractivity contribution in [1.82, 2.24) is 9.97 Å². The Morgan fingerprint density at radius 1 is 0.967 bits per heavy atom. The van der Waals surface area contributed by atoms with Crippen LogP contribution < -0.4 is 9.64 Å². The molecule has 154 valence electrons. The maximum atomic E-state index is 11.5. The number of nitrogens with zero attached hydrogens (tertiary/aromatic N) is 3. The maximum absolute atomic E-state index is 11.5. The second-order valence-corrected chi connectivity index (χ2v) is 8.52. The Morgan fingerprint density at radius 3 is 2.27 bits per heavy atom. The van der Waals surface area contributed by atoms with E-state index in [9.17, 15) is 5.11 Å². The number of anilines is 1. The van der Waals surface area contributed by atoms with E-state index in [0.717, 1.165) is 47.1 Å². The van der Waals surface area contributed by atoms with Crippen molar-refractivity contribution in [3.05, 3.63) is 71.9 Å². The van der Waals surface area contributed by atoms with Gasteiger partial charge in [-0.3, -0.25) is 0 Å². The van der Waals surface area contributed by atoms with Crippen molar-refractivity contribution in [1.29, 1.82) is 0 Å². The fourth-order valence-corrected chi connectivity index (χ4v) is 5.14. The maximum Gasteiger partial charge on any atom is 0.161 e. The van der Waals surface area contributed by atoms with Gasteiger partial charge in [-0.15, -0.1) is 0 Å². The molecule has 1 aromatic heterocycles. The zero-order chi connectivity index (χ0) is 20.7. The van der Waals surface area contributed by atoms with Crippen LogP contribution in [0.4, 0.5) is 5.82 Å². The summed E-state index contributed by atoms with van der Waals surface area (Å²) in [5.74, 6) is 2.55. The number of fused-ring (bicyclic) bond motifs is 2. The minimum Gasteiger partial charge on any atom is -0.497 e. The topological polar surface area (TPSA) is 58.5 Å². The molecule has 0 radical (unpaired) electrons. The van der Waals surface area contributed by atoms with E-state index in [4.69, 9.17) is 9.72 Å². The standard InChI is InChI=1S/C25H27N3O2/c1-17-14-23(27-24(26-17)18-6-4-3-5-7-18)28-20-10-11-21(28)16-25(29,15-20)19-8-12-22(30-2)13-9-19/h3-9,12-14,20-21,29H,10-11,15-16H2,1-2H3/t20-,21+,25?. The van der Waals surface area contributed by atoms with Gasteiger partial charge in [0.05, 0.1) is 12.7 Å². The summed E-state index contributed by atoms with van der Waals surface area (Å²) in [6, 6.07) is 20.6. The number of rotatable bonds is 4. The Hall–Kier alpha value is -2.92. The number of aromatic nitrogens is 2. The molecule has 0 amide bonds. The number of aliphatic hydroxyl groups is 1. The number of hydrogen-bond acceptors (Lipinski definition) is 5. The van der Waals surface area contributed by atoms with E-state index in [1.54, 1.807) is 7.11 Å². The molecule has 2 saturated heterocycles. The van der Waals surface area contributed by atoms with Crippen LogP contribution in [0.5, 0.6) is 5.75 Å². The molecule has 3 aromatic rings. The van der Waals surface area contributed by atoms with Gasteiger partial charge in [0, 0.05) is 42.2 Å². The van der Waals surface area contributed by atoms with Crippen molar-refractivity contribution in [2.24, 2.45) is 0 Å². The normalized spacial score (nSPS) is 25.4. The highest BCUT2D eigenvalue weighted by molar-refractivity contribution is 5.59. The largest absolute Gasteiger partial charge is 0.497 e. The molecule has 5 rings (SSSR count). The van der Waals surface area contributed by atoms with Crippen LogP contribution >= 0.6 is 0 Å². The number of ether oxygens (including phenoxy) is 1. The van der Waals surface area contributed by atoms with Crippen LogP contribution in [0.1, 0.15) is 36.9 Å². The van der Waals surface area contributed by atoms with Gasteiger partial charge in [0.25, 0.3) is 0 Å². The van der Waals surface area contributed by atoms with Gasteiger partial charge in [0.1, 0.15) is 11.6 Å². The lowest BCUT2D eigenvalue weighted by Crippen LogP contribution is -2.50. The van der Waals surface area contributed by atoms with Crippen molar-refractivity contribution in [3.8, 4) is 17.1 Å². The van der Waals surface area contributed by atoms with Crippen LogP contribution in [0, 0.1) is 6.92 Å². The number of methoxy groups -OCH3 is 1. The average molecular weight is 402 g/mol. The van der Waals surface area contributed by atoms with Gasteiger partial charge in [0.15, 0.2) is 5.82 Å². The monoisotopic (exact) mass is 401 g/mol. The van der Waals surface area contributed by atoms with E-state index in [1.807, 2.05) is 61.5 Å². The second kappa shape index (κ2) is 7.40. The first kappa shape index (κ1) is 19.1. The number of aryl methyl sites for hydroxylation is 1. The first-order valence-electron chi connectivity index (χ1n) is 10.6. The van der Waals surface area contributed by atoms with Gasteiger partial charge in [-0.2, -0.15) is 0 Å². The van der Waals surface area contributed by atoms with Crippen LogP contribution in [0.15, 0.2) is 60.7 Å². The number of piperidine rings is 1. The third-order valence-corrected chi connectivity index (χ3v) is 6.53. The molecule has 2 aromatic carbocycles. The van der Waals surface area contributed by atoms with Gasteiger partial charge in [0.2, 0.25) is 0 Å². The van der Waals surface area contributed by atoms with Gasteiger partial charge in [-0.25, -0.2) is 9.97 Å². The minimum absolute atomic E-state index is 0.272. The summed E-state index contributed by atoms with van der Waals surface area (Å²) in [6.45, 7) is 2.02. The minimum atomic E-state index is -0.807. The molecular weight excluding hydrogens is 374 g/mol. The smallest absolute Gasteiger partial charge is 0.161 e. The summed E-state index contributed by atoms with van der Waals surface area (Å²) in [4.78, 5) is 12.0. The van der Waals surface area contributed by atoms with Gasteiger partial charge < -0.3 is 14.7 Å². The van der Waals surface area contributed by atoms with Crippen LogP contribution in [0.2, 0.25) is 0 Å². The van der Waals surface area contributed by atoms with Crippen molar-refractivity contribution < 1.29 is 9.84 Å². The summed E-state index contributed by atoms with van der Waals surface area (Å²) < 4.78 is 5.27. The molecule has 5 nitrogen and oxygen atoms in total. The Labute approximate surface area is 177 Å². The van der Waals surface area contributed by atoms with Gasteiger partial charge in [-0.1, -0.05) is 42.5 Å². The van der Waals surface area contributed by atoms with Crippen LogP contribution in [0.25, 0.3) is 11.4 Å². The SMILES string of the molecule is COc1ccc(C2(O)C[C@H]3CC[C@@H](C2)N3c2cc(C)nc(-c3ccccc3)n2)cc1. The zero-order valence-corrected chi connectivity index (χ0v) is 17.5. The average Bonchev–Trinajstić information content (AvgIpc) is 3.06. The quantitative estimate of drug-likeness (QED) is 0.699. The van der Waals surface area contributed by atoms with Crippen molar-refractivity contribution in [3.63, 3.8) is 0 Å². The highest BCUT2D eigenvalue weighted by Crippen LogP contribution is 2.47. The molecule has 0 spiro atoms. The lowest BCUT2D eigenvalue weighted by atomic mass is 9.80. The molecule has 1 unspecified atom stereocenters. The molecule has 2 aliphatic heterocycles. The van der Waals surface area contributed by atoms with Gasteiger partial charge in [-0.05, 0) is 37.5 Å². The fourth-order valence-electron chi connectivity index (χ4n) is 5.14. The third-order valence-electron chi connectivity index (χ3n) is 6.53. The van der Waals surface area contributed by atoms with Crippen molar-refractivity contribution in [2.75, 3.05) is 12.0 Å². The Kier molecular flexibility index (Phi) is 4.70. The Balaban J connectivity index is 1.45. The van der Waals surface area contributed by atoms with Crippen LogP contribution in [-0.4, -0.2) is 34.3 Å². The molecular formula is C25H27N3O2. The van der Waals surface area contributed by atoms with Crippen molar-refractivity contribution in [2.45, 2.75) is 50.3 Å². The highest BCUT2D eigenvalue weighted by atomic mass is 16.5. The second-order valence-electron chi connectivity index (χ2n) is 8.52. The van der Waals surface area contributed by atoms with Gasteiger partial charge >= 0.3 is 0 Å². The lowest BCUT2D eigenvalue weighted by Gasteiger charge is -2.44. The molecule has 30 heavy (non-hydrogen) atoms. The number of hydrogen-bond donors (Lipinski definition) is 1. The lowest BCUT2D eigenvalue weighted by molar-refractivity contribution is -0.00321. The first-order valence-corrected chi connectivity index (χ1v) is 10.6. The fraction of sp³-hybridized carbons (Fsp3) is 0.360. The highest BCUT2D eigenvalue weighted by Gasteiger charge is 2.48. The predicted octanol–water partition coefficient (Wildman–Crippen LogP) is 4.48. The molecule has 3 atom stereocenters. The van der Waals surface area contributed by atoms with Crippen molar-refractivity contribution >= 4 is 5.82 Å². The molecule has 2 bridgehead atoms. The summed E-state index contributed by atoms with van der Waals surface area (Å²) in [5.41, 5.74) is 2.17. The number of benzene rings is 2. The van der Waals surface area contributed by atoms with E-state index in [-0.39, 0.29) is 12.1 Å². The van der Waals surface area contributed by atoms with E-state index < -0.39 is 5.60 Å². The molecule has 3 heterocycles. The van der Waals surface area contributed by atoms with Crippen LogP contribution in [-0.2, 0) is 5.60 Å². The zero-order valence-electron chi connectivity index (χ0n) is 17.5. The molecule has 0 saturated carbocycles. The predicted molar refractivity (Wildman–Crippen MR) is 118 cm³/mol. The van der Waals surface area contributed by atoms with E-state index in [0.29, 0.717) is 12.8 Å². The molecule has 2 aliphatic rings. The summed E-state index contributed by atoms with van der Waals surface area (Å²) in [5, 5.41) is 11.5. The van der Waals surface area contributed by atoms with E-state index >= 15 is 0 Å². The molecule has 2 fully saturated rings. The Bertz CT molecular complexity index is 1020. The molecule has 0 aliphatic carbocycles. The van der Waals surface area contributed by atoms with E-state index in [1.165, 1.54) is 0 Å². The Morgan fingerprint density at radius 2 is 1.63 bits per heavy atom. The third kappa shape index (κ3) is 3.33. The van der Waals surface area contributed by atoms with E-state index in [2.05, 4.69) is 16.0 Å². The first-order chi connectivity index (χ1) is 14.6. The van der Waals surface area contributed by atoms with Crippen LogP contribution in [0.3, 0.4) is 0 Å². The summed E-state index contributed by atoms with van der Waals surface area (Å²) in [7, 11) is 1.66. The summed E-state index contributed by atoms with van der Waals surface area (Å²) >= 11 is 0. The molecule has 5 heteroatoms. The summed E-state index contributed by atoms with van der Waals surface area (Å²) in [6.07, 6.45) is 3.57. The molecule has 1 N–H and O–H groups in total.